The molecule has 1 aliphatic rings. The molecule has 110 valence electrons. The van der Waals surface area contributed by atoms with E-state index < -0.39 is 0 Å². The van der Waals surface area contributed by atoms with Gasteiger partial charge in [0.2, 0.25) is 0 Å². The quantitative estimate of drug-likeness (QED) is 0.927. The van der Waals surface area contributed by atoms with Crippen molar-refractivity contribution in [3.8, 4) is 11.5 Å². The molecule has 0 saturated heterocycles. The van der Waals surface area contributed by atoms with Crippen LogP contribution in [-0.4, -0.2) is 37.7 Å². The van der Waals surface area contributed by atoms with Crippen LogP contribution in [0, 0.1) is 0 Å². The van der Waals surface area contributed by atoms with Gasteiger partial charge in [0, 0.05) is 6.04 Å². The Kier molecular flexibility index (Phi) is 4.28. The Morgan fingerprint density at radius 1 is 1.35 bits per heavy atom. The first-order valence-corrected chi connectivity index (χ1v) is 6.87. The third kappa shape index (κ3) is 2.38. The fraction of sp³-hybridized carbons (Fsp3) is 0.500. The maximum atomic E-state index is 6.47. The summed E-state index contributed by atoms with van der Waals surface area (Å²) < 4.78 is 10.6. The molecule has 0 bridgehead atoms. The SMILES string of the molecule is COc1ccc(C2CN=C(N)N2C(C)C)c(Cl)c1OC. The summed E-state index contributed by atoms with van der Waals surface area (Å²) in [6.45, 7) is 4.75. The number of rotatable bonds is 4. The van der Waals surface area contributed by atoms with Crippen LogP contribution in [0.2, 0.25) is 5.02 Å². The number of halogens is 1. The van der Waals surface area contributed by atoms with E-state index in [1.165, 1.54) is 0 Å². The molecule has 6 heteroatoms. The summed E-state index contributed by atoms with van der Waals surface area (Å²) in [4.78, 5) is 6.39. The molecule has 1 aliphatic heterocycles. The summed E-state index contributed by atoms with van der Waals surface area (Å²) in [5, 5.41) is 0.549. The van der Waals surface area contributed by atoms with Gasteiger partial charge in [0.05, 0.1) is 31.8 Å². The van der Waals surface area contributed by atoms with E-state index in [0.29, 0.717) is 29.0 Å². The molecule has 5 nitrogen and oxygen atoms in total. The zero-order valence-electron chi connectivity index (χ0n) is 12.2. The van der Waals surface area contributed by atoms with Gasteiger partial charge in [-0.25, -0.2) is 0 Å². The van der Waals surface area contributed by atoms with Crippen LogP contribution in [0.3, 0.4) is 0 Å². The highest BCUT2D eigenvalue weighted by atomic mass is 35.5. The van der Waals surface area contributed by atoms with Gasteiger partial charge in [-0.2, -0.15) is 0 Å². The highest BCUT2D eigenvalue weighted by Gasteiger charge is 2.32. The van der Waals surface area contributed by atoms with Crippen molar-refractivity contribution in [2.45, 2.75) is 25.9 Å². The normalized spacial score (nSPS) is 18.4. The van der Waals surface area contributed by atoms with Crippen LogP contribution in [-0.2, 0) is 0 Å². The third-order valence-electron chi connectivity index (χ3n) is 3.46. The van der Waals surface area contributed by atoms with E-state index in [1.807, 2.05) is 12.1 Å². The first-order valence-electron chi connectivity index (χ1n) is 6.49. The van der Waals surface area contributed by atoms with Gasteiger partial charge in [0.15, 0.2) is 17.5 Å². The van der Waals surface area contributed by atoms with E-state index in [-0.39, 0.29) is 12.1 Å². The second kappa shape index (κ2) is 5.79. The van der Waals surface area contributed by atoms with Gasteiger partial charge in [0.25, 0.3) is 0 Å². The Hall–Kier alpha value is -1.62. The van der Waals surface area contributed by atoms with Crippen molar-refractivity contribution >= 4 is 17.6 Å². The number of guanidine groups is 1. The standard InChI is InChI=1S/C14H20ClN3O2/c1-8(2)18-10(7-17-14(18)16)9-5-6-11(19-3)13(20-4)12(9)15/h5-6,8,10H,7H2,1-4H3,(H2,16,17). The van der Waals surface area contributed by atoms with Crippen LogP contribution in [0.5, 0.6) is 11.5 Å². The summed E-state index contributed by atoms with van der Waals surface area (Å²) in [6.07, 6.45) is 0. The lowest BCUT2D eigenvalue weighted by Crippen LogP contribution is -2.41. The number of aliphatic imine (C=N–C) groups is 1. The van der Waals surface area contributed by atoms with Crippen LogP contribution in [0.4, 0.5) is 0 Å². The molecule has 2 N–H and O–H groups in total. The van der Waals surface area contributed by atoms with Crippen molar-refractivity contribution in [2.75, 3.05) is 20.8 Å². The van der Waals surface area contributed by atoms with E-state index in [2.05, 4.69) is 23.7 Å². The van der Waals surface area contributed by atoms with Crippen molar-refractivity contribution < 1.29 is 9.47 Å². The minimum atomic E-state index is 0.0299. The van der Waals surface area contributed by atoms with Gasteiger partial charge in [-0.1, -0.05) is 17.7 Å². The molecule has 0 saturated carbocycles. The predicted molar refractivity (Wildman–Crippen MR) is 80.8 cm³/mol. The second-order valence-corrected chi connectivity index (χ2v) is 5.30. The van der Waals surface area contributed by atoms with Crippen LogP contribution in [0.15, 0.2) is 17.1 Å². The lowest BCUT2D eigenvalue weighted by atomic mass is 10.0. The number of methoxy groups -OCH3 is 2. The molecular formula is C14H20ClN3O2. The highest BCUT2D eigenvalue weighted by molar-refractivity contribution is 6.33. The van der Waals surface area contributed by atoms with Crippen molar-refractivity contribution in [1.29, 1.82) is 0 Å². The average molecular weight is 298 g/mol. The minimum absolute atomic E-state index is 0.0299. The van der Waals surface area contributed by atoms with Crippen LogP contribution in [0.25, 0.3) is 0 Å². The second-order valence-electron chi connectivity index (χ2n) is 4.92. The zero-order chi connectivity index (χ0) is 14.9. The van der Waals surface area contributed by atoms with Crippen LogP contribution < -0.4 is 15.2 Å². The lowest BCUT2D eigenvalue weighted by Gasteiger charge is -2.31. The molecule has 0 spiro atoms. The molecule has 0 amide bonds. The zero-order valence-corrected chi connectivity index (χ0v) is 12.9. The maximum Gasteiger partial charge on any atom is 0.192 e. The van der Waals surface area contributed by atoms with E-state index >= 15 is 0 Å². The van der Waals surface area contributed by atoms with E-state index in [0.717, 1.165) is 5.56 Å². The number of hydrogen-bond acceptors (Lipinski definition) is 5. The number of nitrogens with two attached hydrogens (primary N) is 1. The Morgan fingerprint density at radius 2 is 2.05 bits per heavy atom. The maximum absolute atomic E-state index is 6.47. The summed E-state index contributed by atoms with van der Waals surface area (Å²) in [6, 6.07) is 4.07. The Balaban J connectivity index is 2.44. The van der Waals surface area contributed by atoms with Crippen molar-refractivity contribution in [3.05, 3.63) is 22.7 Å². The Labute approximate surface area is 124 Å². The molecule has 0 aromatic heterocycles. The van der Waals surface area contributed by atoms with E-state index in [9.17, 15) is 0 Å². The average Bonchev–Trinajstić information content (AvgIpc) is 2.80. The van der Waals surface area contributed by atoms with Crippen molar-refractivity contribution in [2.24, 2.45) is 10.7 Å². The molecule has 1 heterocycles. The molecule has 2 rings (SSSR count). The Bertz CT molecular complexity index is 531. The summed E-state index contributed by atoms with van der Waals surface area (Å²) >= 11 is 6.47. The fourth-order valence-electron chi connectivity index (χ4n) is 2.54. The molecular weight excluding hydrogens is 278 g/mol. The molecule has 1 aromatic rings. The number of ether oxygens (including phenoxy) is 2. The van der Waals surface area contributed by atoms with Gasteiger partial charge >= 0.3 is 0 Å². The number of hydrogen-bond donors (Lipinski definition) is 1. The summed E-state index contributed by atoms with van der Waals surface area (Å²) in [5.74, 6) is 1.71. The number of benzene rings is 1. The van der Waals surface area contributed by atoms with Crippen LogP contribution >= 0.6 is 11.6 Å². The molecule has 20 heavy (non-hydrogen) atoms. The van der Waals surface area contributed by atoms with Gasteiger partial charge < -0.3 is 20.1 Å². The molecule has 0 radical (unpaired) electrons. The minimum Gasteiger partial charge on any atom is -0.493 e. The molecule has 0 fully saturated rings. The molecule has 1 aromatic carbocycles. The lowest BCUT2D eigenvalue weighted by molar-refractivity contribution is 0.288. The first kappa shape index (κ1) is 14.8. The van der Waals surface area contributed by atoms with Crippen molar-refractivity contribution in [1.82, 2.24) is 4.90 Å². The van der Waals surface area contributed by atoms with Gasteiger partial charge in [0.1, 0.15) is 0 Å². The highest BCUT2D eigenvalue weighted by Crippen LogP contribution is 2.42. The third-order valence-corrected chi connectivity index (χ3v) is 3.85. The van der Waals surface area contributed by atoms with Gasteiger partial charge in [-0.3, -0.25) is 4.99 Å². The predicted octanol–water partition coefficient (Wildman–Crippen LogP) is 2.44. The van der Waals surface area contributed by atoms with Gasteiger partial charge in [-0.15, -0.1) is 0 Å². The van der Waals surface area contributed by atoms with E-state index in [1.54, 1.807) is 14.2 Å². The monoisotopic (exact) mass is 297 g/mol. The topological polar surface area (TPSA) is 60.1 Å². The fourth-order valence-corrected chi connectivity index (χ4v) is 2.90. The van der Waals surface area contributed by atoms with Crippen molar-refractivity contribution in [3.63, 3.8) is 0 Å². The first-order chi connectivity index (χ1) is 9.51. The largest absolute Gasteiger partial charge is 0.493 e. The van der Waals surface area contributed by atoms with E-state index in [4.69, 9.17) is 26.8 Å². The van der Waals surface area contributed by atoms with Gasteiger partial charge in [-0.05, 0) is 25.5 Å². The number of nitrogens with zero attached hydrogens (tertiary/aromatic N) is 2. The van der Waals surface area contributed by atoms with Crippen LogP contribution in [0.1, 0.15) is 25.5 Å². The summed E-state index contributed by atoms with van der Waals surface area (Å²) in [5.41, 5.74) is 6.91. The molecule has 0 aliphatic carbocycles. The molecule has 1 atom stereocenters. The Morgan fingerprint density at radius 3 is 2.60 bits per heavy atom. The smallest absolute Gasteiger partial charge is 0.192 e. The molecule has 1 unspecified atom stereocenters. The summed E-state index contributed by atoms with van der Waals surface area (Å²) in [7, 11) is 3.16.